The fourth-order valence-electron chi connectivity index (χ4n) is 1.54. The van der Waals surface area contributed by atoms with Gasteiger partial charge in [0.05, 0.1) is 12.2 Å². The van der Waals surface area contributed by atoms with Crippen LogP contribution in [0.5, 0.6) is 0 Å². The van der Waals surface area contributed by atoms with Gasteiger partial charge in [0, 0.05) is 12.1 Å². The number of morpholine rings is 1. The van der Waals surface area contributed by atoms with Gasteiger partial charge in [-0.25, -0.2) is 0 Å². The zero-order valence-corrected chi connectivity index (χ0v) is 8.74. The van der Waals surface area contributed by atoms with Gasteiger partial charge in [-0.05, 0) is 26.7 Å². The van der Waals surface area contributed by atoms with E-state index in [1.54, 1.807) is 0 Å². The zero-order valence-electron chi connectivity index (χ0n) is 8.74. The molecule has 0 aromatic carbocycles. The maximum absolute atomic E-state index is 5.80. The summed E-state index contributed by atoms with van der Waals surface area (Å²) in [6.07, 6.45) is 2.30. The third-order valence-corrected chi connectivity index (χ3v) is 2.98. The third-order valence-electron chi connectivity index (χ3n) is 2.98. The van der Waals surface area contributed by atoms with E-state index in [2.05, 4.69) is 33.0 Å². The molecule has 1 fully saturated rings. The van der Waals surface area contributed by atoms with Gasteiger partial charge < -0.3 is 10.1 Å². The molecule has 0 unspecified atom stereocenters. The minimum atomic E-state index is 0.0217. The van der Waals surface area contributed by atoms with E-state index in [1.165, 1.54) is 0 Å². The van der Waals surface area contributed by atoms with Crippen molar-refractivity contribution in [2.24, 2.45) is 0 Å². The first kappa shape index (κ1) is 10.0. The largest absolute Gasteiger partial charge is 0.372 e. The van der Waals surface area contributed by atoms with Crippen molar-refractivity contribution in [1.29, 1.82) is 0 Å². The first-order chi connectivity index (χ1) is 5.54. The summed E-state index contributed by atoms with van der Waals surface area (Å²) in [7, 11) is 0. The molecule has 0 aliphatic carbocycles. The van der Waals surface area contributed by atoms with E-state index in [-0.39, 0.29) is 11.1 Å². The maximum Gasteiger partial charge on any atom is 0.0751 e. The van der Waals surface area contributed by atoms with Gasteiger partial charge in [-0.15, -0.1) is 0 Å². The van der Waals surface area contributed by atoms with E-state index in [9.17, 15) is 0 Å². The normalized spacial score (nSPS) is 27.0. The van der Waals surface area contributed by atoms with Crippen LogP contribution in [0.1, 0.15) is 40.5 Å². The van der Waals surface area contributed by atoms with Crippen LogP contribution in [0.15, 0.2) is 0 Å². The van der Waals surface area contributed by atoms with E-state index < -0.39 is 0 Å². The van der Waals surface area contributed by atoms with E-state index in [0.29, 0.717) is 0 Å². The van der Waals surface area contributed by atoms with Crippen molar-refractivity contribution in [3.05, 3.63) is 0 Å². The molecule has 1 N–H and O–H groups in total. The highest BCUT2D eigenvalue weighted by atomic mass is 16.5. The molecule has 0 atom stereocenters. The standard InChI is InChI=1S/C10H21NO/c1-5-10(6-2)8-12-9(3,4)7-11-10/h11H,5-8H2,1-4H3. The molecule has 1 aliphatic heterocycles. The van der Waals surface area contributed by atoms with Gasteiger partial charge in [0.2, 0.25) is 0 Å². The van der Waals surface area contributed by atoms with Gasteiger partial charge in [0.25, 0.3) is 0 Å². The van der Waals surface area contributed by atoms with E-state index in [0.717, 1.165) is 26.0 Å². The Bertz CT molecular complexity index is 138. The van der Waals surface area contributed by atoms with Crippen LogP contribution >= 0.6 is 0 Å². The monoisotopic (exact) mass is 171 g/mol. The van der Waals surface area contributed by atoms with Crippen LogP contribution in [0, 0.1) is 0 Å². The molecule has 0 aromatic heterocycles. The number of hydrogen-bond donors (Lipinski definition) is 1. The predicted molar refractivity (Wildman–Crippen MR) is 51.3 cm³/mol. The van der Waals surface area contributed by atoms with Crippen molar-refractivity contribution in [2.75, 3.05) is 13.2 Å². The minimum absolute atomic E-state index is 0.0217. The molecule has 1 rings (SSSR count). The Morgan fingerprint density at radius 1 is 1.25 bits per heavy atom. The summed E-state index contributed by atoms with van der Waals surface area (Å²) >= 11 is 0. The molecule has 1 heterocycles. The Kier molecular flexibility index (Phi) is 2.79. The van der Waals surface area contributed by atoms with Crippen LogP contribution in [0.2, 0.25) is 0 Å². The number of rotatable bonds is 2. The quantitative estimate of drug-likeness (QED) is 0.685. The van der Waals surface area contributed by atoms with E-state index in [4.69, 9.17) is 4.74 Å². The molecule has 2 heteroatoms. The summed E-state index contributed by atoms with van der Waals surface area (Å²) < 4.78 is 5.80. The van der Waals surface area contributed by atoms with Crippen molar-refractivity contribution >= 4 is 0 Å². The summed E-state index contributed by atoms with van der Waals surface area (Å²) in [5, 5.41) is 3.60. The van der Waals surface area contributed by atoms with Crippen LogP contribution in [0.3, 0.4) is 0 Å². The summed E-state index contributed by atoms with van der Waals surface area (Å²) in [5.41, 5.74) is 0.267. The van der Waals surface area contributed by atoms with Crippen LogP contribution in [-0.4, -0.2) is 24.3 Å². The van der Waals surface area contributed by atoms with Crippen LogP contribution in [0.25, 0.3) is 0 Å². The van der Waals surface area contributed by atoms with Crippen LogP contribution in [0.4, 0.5) is 0 Å². The highest BCUT2D eigenvalue weighted by Gasteiger charge is 2.35. The average Bonchev–Trinajstić information content (AvgIpc) is 2.06. The molecule has 72 valence electrons. The molecule has 12 heavy (non-hydrogen) atoms. The molecule has 0 amide bonds. The molecule has 0 saturated carbocycles. The average molecular weight is 171 g/mol. The van der Waals surface area contributed by atoms with Crippen LogP contribution < -0.4 is 5.32 Å². The lowest BCUT2D eigenvalue weighted by molar-refractivity contribution is -0.0891. The maximum atomic E-state index is 5.80. The Morgan fingerprint density at radius 2 is 1.83 bits per heavy atom. The van der Waals surface area contributed by atoms with Crippen molar-refractivity contribution in [1.82, 2.24) is 5.32 Å². The first-order valence-corrected chi connectivity index (χ1v) is 4.92. The zero-order chi connectivity index (χ0) is 9.24. The summed E-state index contributed by atoms with van der Waals surface area (Å²) in [4.78, 5) is 0. The highest BCUT2D eigenvalue weighted by molar-refractivity contribution is 4.93. The first-order valence-electron chi connectivity index (χ1n) is 4.92. The van der Waals surface area contributed by atoms with Crippen molar-refractivity contribution in [3.8, 4) is 0 Å². The van der Waals surface area contributed by atoms with Gasteiger partial charge >= 0.3 is 0 Å². The lowest BCUT2D eigenvalue weighted by Crippen LogP contribution is -2.59. The summed E-state index contributed by atoms with van der Waals surface area (Å²) in [6.45, 7) is 10.5. The Hall–Kier alpha value is -0.0800. The second kappa shape index (κ2) is 3.35. The Balaban J connectivity index is 2.53. The number of nitrogens with one attached hydrogen (secondary N) is 1. The van der Waals surface area contributed by atoms with Gasteiger partial charge in [-0.2, -0.15) is 0 Å². The summed E-state index contributed by atoms with van der Waals surface area (Å²) in [5.74, 6) is 0. The second-order valence-corrected chi connectivity index (χ2v) is 4.39. The fourth-order valence-corrected chi connectivity index (χ4v) is 1.54. The molecule has 0 radical (unpaired) electrons. The smallest absolute Gasteiger partial charge is 0.0751 e. The van der Waals surface area contributed by atoms with Gasteiger partial charge in [-0.1, -0.05) is 13.8 Å². The SMILES string of the molecule is CCC1(CC)COC(C)(C)CN1. The number of ether oxygens (including phenoxy) is 1. The van der Waals surface area contributed by atoms with Crippen molar-refractivity contribution < 1.29 is 4.74 Å². The molecular formula is C10H21NO. The lowest BCUT2D eigenvalue weighted by atomic mass is 9.90. The third kappa shape index (κ3) is 1.99. The van der Waals surface area contributed by atoms with E-state index >= 15 is 0 Å². The van der Waals surface area contributed by atoms with Crippen molar-refractivity contribution in [2.45, 2.75) is 51.7 Å². The van der Waals surface area contributed by atoms with E-state index in [1.807, 2.05) is 0 Å². The highest BCUT2D eigenvalue weighted by Crippen LogP contribution is 2.24. The predicted octanol–water partition coefficient (Wildman–Crippen LogP) is 1.94. The summed E-state index contributed by atoms with van der Waals surface area (Å²) in [6, 6.07) is 0. The number of hydrogen-bond acceptors (Lipinski definition) is 2. The molecule has 1 saturated heterocycles. The Labute approximate surface area is 75.7 Å². The fraction of sp³-hybridized carbons (Fsp3) is 1.00. The van der Waals surface area contributed by atoms with Crippen LogP contribution in [-0.2, 0) is 4.74 Å². The minimum Gasteiger partial charge on any atom is -0.372 e. The topological polar surface area (TPSA) is 21.3 Å². The Morgan fingerprint density at radius 3 is 2.17 bits per heavy atom. The molecule has 0 aromatic rings. The molecule has 0 spiro atoms. The van der Waals surface area contributed by atoms with Gasteiger partial charge in [0.15, 0.2) is 0 Å². The van der Waals surface area contributed by atoms with Gasteiger partial charge in [0.1, 0.15) is 0 Å². The lowest BCUT2D eigenvalue weighted by Gasteiger charge is -2.44. The van der Waals surface area contributed by atoms with Crippen molar-refractivity contribution in [3.63, 3.8) is 0 Å². The molecule has 0 bridgehead atoms. The molecule has 1 aliphatic rings. The molecular weight excluding hydrogens is 150 g/mol. The molecule has 2 nitrogen and oxygen atoms in total. The second-order valence-electron chi connectivity index (χ2n) is 4.39. The van der Waals surface area contributed by atoms with Gasteiger partial charge in [-0.3, -0.25) is 0 Å².